The number of rotatable bonds is 10. The summed E-state index contributed by atoms with van der Waals surface area (Å²) in [5, 5.41) is 2.25. The molecule has 0 bridgehead atoms. The van der Waals surface area contributed by atoms with Crippen LogP contribution in [0.1, 0.15) is 61.3 Å². The van der Waals surface area contributed by atoms with Gasteiger partial charge in [-0.05, 0) is 63.0 Å². The predicted octanol–water partition coefficient (Wildman–Crippen LogP) is 6.82. The molecule has 154 valence electrons. The maximum atomic E-state index is 4.83. The van der Waals surface area contributed by atoms with Gasteiger partial charge >= 0.3 is 0 Å². The molecule has 0 saturated heterocycles. The van der Waals surface area contributed by atoms with Crippen molar-refractivity contribution in [1.29, 1.82) is 0 Å². The Bertz CT molecular complexity index is 716. The summed E-state index contributed by atoms with van der Waals surface area (Å²) in [6, 6.07) is 0.161. The Labute approximate surface area is 176 Å². The molecule has 4 heteroatoms. The Morgan fingerprint density at radius 1 is 1.29 bits per heavy atom. The molecule has 2 atom stereocenters. The summed E-state index contributed by atoms with van der Waals surface area (Å²) in [6.45, 7) is 18.9. The van der Waals surface area contributed by atoms with Crippen LogP contribution in [0.2, 0.25) is 0 Å². The summed E-state index contributed by atoms with van der Waals surface area (Å²) < 4.78 is 0. The lowest BCUT2D eigenvalue weighted by Gasteiger charge is -2.17. The first-order valence-electron chi connectivity index (χ1n) is 10.1. The molecule has 1 rings (SSSR count). The highest BCUT2D eigenvalue weighted by molar-refractivity contribution is 8.06. The van der Waals surface area contributed by atoms with E-state index in [0.29, 0.717) is 5.92 Å². The van der Waals surface area contributed by atoms with Gasteiger partial charge in [-0.1, -0.05) is 69.0 Å². The highest BCUT2D eigenvalue weighted by Crippen LogP contribution is 2.29. The first-order valence-corrected chi connectivity index (χ1v) is 11.0. The third-order valence-corrected chi connectivity index (χ3v) is 5.69. The zero-order valence-electron chi connectivity index (χ0n) is 18.6. The van der Waals surface area contributed by atoms with Crippen LogP contribution in [0.15, 0.2) is 74.8 Å². The van der Waals surface area contributed by atoms with Gasteiger partial charge in [0.2, 0.25) is 0 Å². The maximum Gasteiger partial charge on any atom is 0.0742 e. The van der Waals surface area contributed by atoms with E-state index in [9.17, 15) is 0 Å². The number of allylic oxidation sites excluding steroid dienone is 6. The number of nitrogens with one attached hydrogen (secondary N) is 2. The van der Waals surface area contributed by atoms with Crippen molar-refractivity contribution < 1.29 is 0 Å². The second-order valence-corrected chi connectivity index (χ2v) is 8.28. The fourth-order valence-electron chi connectivity index (χ4n) is 2.75. The predicted molar refractivity (Wildman–Crippen MR) is 128 cm³/mol. The first-order chi connectivity index (χ1) is 13.3. The van der Waals surface area contributed by atoms with Crippen LogP contribution in [0.5, 0.6) is 0 Å². The topological polar surface area (TPSA) is 36.4 Å². The molecule has 1 aliphatic heterocycles. The molecular formula is C24H37N3S. The van der Waals surface area contributed by atoms with Crippen LogP contribution in [0, 0.1) is 5.92 Å². The molecule has 0 radical (unpaired) electrons. The Balaban J connectivity index is 3.13. The van der Waals surface area contributed by atoms with Gasteiger partial charge in [0.15, 0.2) is 0 Å². The molecule has 28 heavy (non-hydrogen) atoms. The highest BCUT2D eigenvalue weighted by atomic mass is 32.2. The van der Waals surface area contributed by atoms with Gasteiger partial charge in [-0.2, -0.15) is 0 Å². The zero-order chi connectivity index (χ0) is 21.1. The van der Waals surface area contributed by atoms with Crippen molar-refractivity contribution in [2.24, 2.45) is 10.9 Å². The van der Waals surface area contributed by atoms with Gasteiger partial charge in [-0.3, -0.25) is 4.99 Å². The van der Waals surface area contributed by atoms with Crippen LogP contribution in [0.3, 0.4) is 0 Å². The average molecular weight is 400 g/mol. The Morgan fingerprint density at radius 2 is 2.00 bits per heavy atom. The van der Waals surface area contributed by atoms with Crippen molar-refractivity contribution in [2.75, 3.05) is 0 Å². The molecule has 0 saturated carbocycles. The Hall–Kier alpha value is -1.78. The third kappa shape index (κ3) is 7.33. The van der Waals surface area contributed by atoms with Crippen LogP contribution in [0.25, 0.3) is 0 Å². The van der Waals surface area contributed by atoms with Crippen molar-refractivity contribution in [1.82, 2.24) is 10.9 Å². The van der Waals surface area contributed by atoms with Crippen molar-refractivity contribution in [3.63, 3.8) is 0 Å². The van der Waals surface area contributed by atoms with Crippen LogP contribution in [-0.2, 0) is 0 Å². The van der Waals surface area contributed by atoms with Gasteiger partial charge < -0.3 is 5.43 Å². The fraction of sp³-hybridized carbons (Fsp3) is 0.458. The average Bonchev–Trinajstić information content (AvgIpc) is 3.04. The number of nitrogens with zero attached hydrogens (tertiary/aromatic N) is 1. The number of hydrogen-bond donors (Lipinski definition) is 2. The van der Waals surface area contributed by atoms with Gasteiger partial charge in [0.25, 0.3) is 0 Å². The van der Waals surface area contributed by atoms with Gasteiger partial charge in [-0.15, -0.1) is 0 Å². The molecule has 1 aliphatic rings. The summed E-state index contributed by atoms with van der Waals surface area (Å²) in [6.07, 6.45) is 12.3. The summed E-state index contributed by atoms with van der Waals surface area (Å²) in [5.41, 5.74) is 12.7. The minimum absolute atomic E-state index is 0.161. The van der Waals surface area contributed by atoms with E-state index in [-0.39, 0.29) is 6.04 Å². The monoisotopic (exact) mass is 399 g/mol. The van der Waals surface area contributed by atoms with E-state index in [2.05, 4.69) is 83.5 Å². The van der Waals surface area contributed by atoms with E-state index in [1.54, 1.807) is 11.8 Å². The summed E-state index contributed by atoms with van der Waals surface area (Å²) in [7, 11) is 0. The van der Waals surface area contributed by atoms with Crippen LogP contribution in [0.4, 0.5) is 0 Å². The Kier molecular flexibility index (Phi) is 10.9. The van der Waals surface area contributed by atoms with E-state index < -0.39 is 0 Å². The van der Waals surface area contributed by atoms with Crippen molar-refractivity contribution >= 4 is 17.5 Å². The summed E-state index contributed by atoms with van der Waals surface area (Å²) >= 11 is 1.78. The molecule has 0 aromatic rings. The normalized spacial score (nSPS) is 19.8. The van der Waals surface area contributed by atoms with E-state index in [4.69, 9.17) is 4.99 Å². The third-order valence-electron chi connectivity index (χ3n) is 4.57. The molecule has 0 fully saturated rings. The molecule has 2 unspecified atom stereocenters. The van der Waals surface area contributed by atoms with Gasteiger partial charge in [-0.25, -0.2) is 5.43 Å². The lowest BCUT2D eigenvalue weighted by molar-refractivity contribution is 0.617. The van der Waals surface area contributed by atoms with E-state index in [0.717, 1.165) is 18.5 Å². The number of hydrogen-bond acceptors (Lipinski definition) is 4. The maximum absolute atomic E-state index is 4.83. The summed E-state index contributed by atoms with van der Waals surface area (Å²) in [4.78, 5) is 6.09. The first kappa shape index (κ1) is 24.3. The van der Waals surface area contributed by atoms with E-state index in [1.807, 2.05) is 18.4 Å². The van der Waals surface area contributed by atoms with Crippen LogP contribution in [-0.4, -0.2) is 11.8 Å². The second kappa shape index (κ2) is 12.6. The standard InChI is InChI=1S/C24H37N3S/c1-9-12-14-21-20(8)26-27-23(21)19(7)16-28-22(13-10-2)24(18(6)11-3)25-15-17(4)5/h9,12-16,18,23,26-27H,1,10-11H2,2-8H3/b14-12-,19-16+,22-13-,25-24?. The second-order valence-electron chi connectivity index (χ2n) is 7.36. The van der Waals surface area contributed by atoms with Crippen molar-refractivity contribution in [3.8, 4) is 0 Å². The molecule has 0 aromatic heterocycles. The number of thioether (sulfide) groups is 1. The summed E-state index contributed by atoms with van der Waals surface area (Å²) in [5.74, 6) is 0.425. The Morgan fingerprint density at radius 3 is 2.57 bits per heavy atom. The highest BCUT2D eigenvalue weighted by Gasteiger charge is 2.22. The molecular weight excluding hydrogens is 362 g/mol. The van der Waals surface area contributed by atoms with Crippen LogP contribution >= 0.6 is 11.8 Å². The van der Waals surface area contributed by atoms with E-state index >= 15 is 0 Å². The molecule has 0 aliphatic carbocycles. The smallest absolute Gasteiger partial charge is 0.0742 e. The van der Waals surface area contributed by atoms with Crippen molar-refractivity contribution in [3.05, 3.63) is 69.8 Å². The SMILES string of the molecule is C=C/C=C\C1=C(C)NNC1/C(C)=C/S/C(=C\CC)C(=NC=C(C)C)C(C)CC. The lowest BCUT2D eigenvalue weighted by Crippen LogP contribution is -2.33. The number of hydrazine groups is 1. The molecule has 1 heterocycles. The number of aliphatic imine (C=N–C) groups is 1. The zero-order valence-corrected chi connectivity index (χ0v) is 19.4. The van der Waals surface area contributed by atoms with E-state index in [1.165, 1.54) is 27.3 Å². The van der Waals surface area contributed by atoms with Gasteiger partial charge in [0.05, 0.1) is 11.8 Å². The molecule has 0 amide bonds. The largest absolute Gasteiger partial charge is 0.325 e. The minimum atomic E-state index is 0.161. The fourth-order valence-corrected chi connectivity index (χ4v) is 3.83. The van der Waals surface area contributed by atoms with Crippen molar-refractivity contribution in [2.45, 2.75) is 67.3 Å². The quantitative estimate of drug-likeness (QED) is 0.312. The molecule has 3 nitrogen and oxygen atoms in total. The van der Waals surface area contributed by atoms with Crippen LogP contribution < -0.4 is 10.9 Å². The molecule has 0 spiro atoms. The lowest BCUT2D eigenvalue weighted by atomic mass is 10.0. The molecule has 2 N–H and O–H groups in total. The molecule has 0 aromatic carbocycles. The van der Waals surface area contributed by atoms with Gasteiger partial charge in [0.1, 0.15) is 0 Å². The minimum Gasteiger partial charge on any atom is -0.325 e. The van der Waals surface area contributed by atoms with Gasteiger partial charge in [0, 0.05) is 16.8 Å².